The van der Waals surface area contributed by atoms with Crippen LogP contribution in [0.2, 0.25) is 0 Å². The number of hydrogen-bond acceptors (Lipinski definition) is 5. The Morgan fingerprint density at radius 2 is 2.00 bits per heavy atom. The van der Waals surface area contributed by atoms with E-state index in [9.17, 15) is 0 Å². The first-order valence-electron chi connectivity index (χ1n) is 9.43. The van der Waals surface area contributed by atoms with Gasteiger partial charge in [-0.1, -0.05) is 6.08 Å². The first-order valence-corrected chi connectivity index (χ1v) is 9.43. The largest absolute Gasteiger partial charge is 0.474 e. The molecule has 0 unspecified atom stereocenters. The fraction of sp³-hybridized carbons (Fsp3) is 0.500. The van der Waals surface area contributed by atoms with Crippen molar-refractivity contribution in [3.05, 3.63) is 47.4 Å². The molecular weight excluding hydrogens is 330 g/mol. The van der Waals surface area contributed by atoms with Gasteiger partial charge in [0.15, 0.2) is 0 Å². The molecule has 1 aliphatic carbocycles. The zero-order chi connectivity index (χ0) is 17.3. The Balaban J connectivity index is 1.43. The molecule has 0 bridgehead atoms. The van der Waals surface area contributed by atoms with Crippen LogP contribution in [0, 0.1) is 0 Å². The molecule has 2 fully saturated rings. The van der Waals surface area contributed by atoms with Crippen molar-refractivity contribution < 1.29 is 14.2 Å². The van der Waals surface area contributed by atoms with Gasteiger partial charge in [-0.05, 0) is 30.0 Å². The van der Waals surface area contributed by atoms with Crippen LogP contribution in [0.15, 0.2) is 30.7 Å². The minimum absolute atomic E-state index is 0.183. The highest BCUT2D eigenvalue weighted by atomic mass is 16.5. The van der Waals surface area contributed by atoms with Crippen LogP contribution < -0.4 is 4.74 Å². The first kappa shape index (κ1) is 16.0. The van der Waals surface area contributed by atoms with Crippen molar-refractivity contribution >= 4 is 5.57 Å². The van der Waals surface area contributed by atoms with E-state index in [4.69, 9.17) is 14.2 Å². The molecular formula is C20H23N3O3. The lowest BCUT2D eigenvalue weighted by molar-refractivity contribution is 0.0236. The molecule has 2 aromatic rings. The second-order valence-corrected chi connectivity index (χ2v) is 7.13. The maximum atomic E-state index is 6.28. The van der Waals surface area contributed by atoms with E-state index in [-0.39, 0.29) is 6.10 Å². The predicted molar refractivity (Wildman–Crippen MR) is 96.2 cm³/mol. The molecule has 136 valence electrons. The van der Waals surface area contributed by atoms with E-state index < -0.39 is 0 Å². The standard InChI is InChI=1S/C20H23N3O3/c1-2-18(15-11-22-23(12-15)16-4-8-25-13-16)19-14(1)3-7-21-20(19)26-17-5-9-24-10-6-17/h2-3,7,11-12,16-17H,1,4-6,8-10,13H2/t16-/m1/s1. The highest BCUT2D eigenvalue weighted by Crippen LogP contribution is 2.38. The smallest absolute Gasteiger partial charge is 0.221 e. The maximum Gasteiger partial charge on any atom is 0.221 e. The van der Waals surface area contributed by atoms with Crippen LogP contribution in [0.5, 0.6) is 5.88 Å². The van der Waals surface area contributed by atoms with E-state index in [1.807, 2.05) is 17.1 Å². The number of fused-ring (bicyclic) bond motifs is 1. The Morgan fingerprint density at radius 1 is 1.12 bits per heavy atom. The highest BCUT2D eigenvalue weighted by Gasteiger charge is 2.26. The summed E-state index contributed by atoms with van der Waals surface area (Å²) >= 11 is 0. The fourth-order valence-corrected chi connectivity index (χ4v) is 3.96. The molecule has 0 amide bonds. The molecule has 3 aliphatic rings. The summed E-state index contributed by atoms with van der Waals surface area (Å²) in [5.74, 6) is 0.745. The third-order valence-corrected chi connectivity index (χ3v) is 5.44. The molecule has 0 spiro atoms. The Kier molecular flexibility index (Phi) is 4.22. The van der Waals surface area contributed by atoms with Crippen LogP contribution in [0.3, 0.4) is 0 Å². The lowest BCUT2D eigenvalue weighted by Gasteiger charge is -2.24. The molecule has 6 heteroatoms. The molecule has 0 aromatic carbocycles. The normalized spacial score (nSPS) is 23.1. The molecule has 26 heavy (non-hydrogen) atoms. The van der Waals surface area contributed by atoms with E-state index in [1.165, 1.54) is 11.1 Å². The summed E-state index contributed by atoms with van der Waals surface area (Å²) < 4.78 is 19.2. The summed E-state index contributed by atoms with van der Waals surface area (Å²) in [6.45, 7) is 3.09. The van der Waals surface area contributed by atoms with E-state index >= 15 is 0 Å². The van der Waals surface area contributed by atoms with Crippen LogP contribution >= 0.6 is 0 Å². The molecule has 4 heterocycles. The average Bonchev–Trinajstić information content (AvgIpc) is 3.42. The highest BCUT2D eigenvalue weighted by molar-refractivity contribution is 5.86. The molecule has 6 nitrogen and oxygen atoms in total. The van der Waals surface area contributed by atoms with Gasteiger partial charge in [0.25, 0.3) is 0 Å². The second kappa shape index (κ2) is 6.85. The Labute approximate surface area is 152 Å². The van der Waals surface area contributed by atoms with Gasteiger partial charge in [-0.2, -0.15) is 5.10 Å². The molecule has 2 aliphatic heterocycles. The molecule has 0 radical (unpaired) electrons. The van der Waals surface area contributed by atoms with Gasteiger partial charge in [-0.3, -0.25) is 4.68 Å². The molecule has 2 saturated heterocycles. The maximum absolute atomic E-state index is 6.28. The molecule has 2 aromatic heterocycles. The lowest BCUT2D eigenvalue weighted by Crippen LogP contribution is -2.26. The number of hydrogen-bond donors (Lipinski definition) is 0. The predicted octanol–water partition coefficient (Wildman–Crippen LogP) is 2.79. The average molecular weight is 353 g/mol. The summed E-state index contributed by atoms with van der Waals surface area (Å²) in [6, 6.07) is 2.43. The van der Waals surface area contributed by atoms with Gasteiger partial charge in [0, 0.05) is 43.0 Å². The summed E-state index contributed by atoms with van der Waals surface area (Å²) in [4.78, 5) is 4.55. The molecule has 1 atom stereocenters. The van der Waals surface area contributed by atoms with Crippen LogP contribution in [-0.2, 0) is 15.9 Å². The number of nitrogens with zero attached hydrogens (tertiary/aromatic N) is 3. The lowest BCUT2D eigenvalue weighted by atomic mass is 10.0. The monoisotopic (exact) mass is 353 g/mol. The number of aromatic nitrogens is 3. The van der Waals surface area contributed by atoms with Gasteiger partial charge in [0.05, 0.1) is 32.1 Å². The summed E-state index contributed by atoms with van der Waals surface area (Å²) in [5.41, 5.74) is 4.70. The van der Waals surface area contributed by atoms with Gasteiger partial charge in [-0.15, -0.1) is 0 Å². The summed E-state index contributed by atoms with van der Waals surface area (Å²) in [7, 11) is 0. The third kappa shape index (κ3) is 2.93. The fourth-order valence-electron chi connectivity index (χ4n) is 3.96. The van der Waals surface area contributed by atoms with Crippen LogP contribution in [0.1, 0.15) is 42.0 Å². The van der Waals surface area contributed by atoms with Crippen molar-refractivity contribution in [3.63, 3.8) is 0 Å². The number of rotatable bonds is 4. The van der Waals surface area contributed by atoms with Crippen LogP contribution in [0.25, 0.3) is 5.57 Å². The van der Waals surface area contributed by atoms with Gasteiger partial charge < -0.3 is 14.2 Å². The quantitative estimate of drug-likeness (QED) is 0.846. The van der Waals surface area contributed by atoms with Gasteiger partial charge in [-0.25, -0.2) is 4.98 Å². The molecule has 5 rings (SSSR count). The zero-order valence-corrected chi connectivity index (χ0v) is 14.8. The number of allylic oxidation sites excluding steroid dienone is 1. The Hall–Kier alpha value is -2.18. The van der Waals surface area contributed by atoms with E-state index in [0.29, 0.717) is 6.04 Å². The van der Waals surface area contributed by atoms with Crippen molar-refractivity contribution in [2.45, 2.75) is 37.8 Å². The number of ether oxygens (including phenoxy) is 3. The van der Waals surface area contributed by atoms with Crippen molar-refractivity contribution in [2.24, 2.45) is 0 Å². The summed E-state index contributed by atoms with van der Waals surface area (Å²) in [6.07, 6.45) is 12.2. The topological polar surface area (TPSA) is 58.4 Å². The zero-order valence-electron chi connectivity index (χ0n) is 14.8. The molecule has 0 N–H and O–H groups in total. The van der Waals surface area contributed by atoms with Crippen molar-refractivity contribution in [1.82, 2.24) is 14.8 Å². The van der Waals surface area contributed by atoms with Crippen LogP contribution in [-0.4, -0.2) is 47.3 Å². The molecule has 0 saturated carbocycles. The van der Waals surface area contributed by atoms with E-state index in [1.54, 1.807) is 0 Å². The van der Waals surface area contributed by atoms with Crippen LogP contribution in [0.4, 0.5) is 0 Å². The van der Waals surface area contributed by atoms with Crippen molar-refractivity contribution in [1.29, 1.82) is 0 Å². The Morgan fingerprint density at radius 3 is 2.85 bits per heavy atom. The summed E-state index contributed by atoms with van der Waals surface area (Å²) in [5, 5.41) is 4.58. The number of pyridine rings is 1. The van der Waals surface area contributed by atoms with Crippen molar-refractivity contribution in [3.8, 4) is 5.88 Å². The van der Waals surface area contributed by atoms with Crippen molar-refractivity contribution in [2.75, 3.05) is 26.4 Å². The van der Waals surface area contributed by atoms with Gasteiger partial charge in [0.1, 0.15) is 6.10 Å². The van der Waals surface area contributed by atoms with Gasteiger partial charge in [0.2, 0.25) is 5.88 Å². The van der Waals surface area contributed by atoms with E-state index in [2.05, 4.69) is 28.4 Å². The third-order valence-electron chi connectivity index (χ3n) is 5.44. The minimum Gasteiger partial charge on any atom is -0.474 e. The minimum atomic E-state index is 0.183. The Bertz CT molecular complexity index is 817. The SMILES string of the molecule is C1=C(c2cnn([C@@H]3CCOC3)c2)c2c(ccnc2OC2CCOCC2)C1. The second-order valence-electron chi connectivity index (χ2n) is 7.13. The van der Waals surface area contributed by atoms with Gasteiger partial charge >= 0.3 is 0 Å². The van der Waals surface area contributed by atoms with E-state index in [0.717, 1.165) is 69.1 Å². The first-order chi connectivity index (χ1) is 12.9.